The van der Waals surface area contributed by atoms with E-state index < -0.39 is 16.1 Å². The molecule has 3 rings (SSSR count). The molecule has 1 heterocycles. The molecule has 0 fully saturated rings. The molecule has 0 spiro atoms. The first-order valence-corrected chi connectivity index (χ1v) is 12.0. The van der Waals surface area contributed by atoms with E-state index in [0.29, 0.717) is 22.8 Å². The Labute approximate surface area is 194 Å². The topological polar surface area (TPSA) is 110 Å². The average molecular weight is 469 g/mol. The number of aryl methyl sites for hydroxylation is 2. The fourth-order valence-corrected chi connectivity index (χ4v) is 4.16. The molecule has 0 aliphatic heterocycles. The number of para-hydroxylation sites is 1. The zero-order valence-corrected chi connectivity index (χ0v) is 20.1. The van der Waals surface area contributed by atoms with Gasteiger partial charge in [-0.1, -0.05) is 32.0 Å². The van der Waals surface area contributed by atoms with Gasteiger partial charge in [0.25, 0.3) is 15.9 Å². The molecule has 0 aliphatic rings. The quantitative estimate of drug-likeness (QED) is 0.506. The molecule has 1 amide bonds. The summed E-state index contributed by atoms with van der Waals surface area (Å²) in [7, 11) is -3.87. The number of sulfonamides is 1. The van der Waals surface area contributed by atoms with Crippen molar-refractivity contribution in [1.82, 2.24) is 9.97 Å². The minimum atomic E-state index is -3.87. The Bertz CT molecular complexity index is 1220. The molecule has 2 aromatic carbocycles. The van der Waals surface area contributed by atoms with Gasteiger partial charge in [-0.25, -0.2) is 23.1 Å². The van der Waals surface area contributed by atoms with E-state index in [0.717, 1.165) is 5.56 Å². The van der Waals surface area contributed by atoms with Gasteiger partial charge in [-0.2, -0.15) is 0 Å². The second-order valence-electron chi connectivity index (χ2n) is 8.05. The third-order valence-electron chi connectivity index (χ3n) is 4.85. The molecule has 33 heavy (non-hydrogen) atoms. The van der Waals surface area contributed by atoms with Gasteiger partial charge in [0.05, 0.1) is 4.90 Å². The maximum atomic E-state index is 12.7. The van der Waals surface area contributed by atoms with Crippen LogP contribution in [0.25, 0.3) is 0 Å². The maximum absolute atomic E-state index is 12.7. The molecule has 9 heteroatoms. The van der Waals surface area contributed by atoms with E-state index >= 15 is 0 Å². The van der Waals surface area contributed by atoms with Gasteiger partial charge >= 0.3 is 0 Å². The van der Waals surface area contributed by atoms with Crippen molar-refractivity contribution in [3.8, 4) is 5.75 Å². The van der Waals surface area contributed by atoms with Crippen LogP contribution in [0, 0.1) is 13.8 Å². The Hall–Kier alpha value is -3.46. The lowest BCUT2D eigenvalue weighted by Crippen LogP contribution is -2.30. The summed E-state index contributed by atoms with van der Waals surface area (Å²) >= 11 is 0. The minimum Gasteiger partial charge on any atom is -0.481 e. The van der Waals surface area contributed by atoms with Gasteiger partial charge in [-0.05, 0) is 68.7 Å². The number of benzene rings is 2. The Morgan fingerprint density at radius 2 is 1.55 bits per heavy atom. The van der Waals surface area contributed by atoms with Crippen molar-refractivity contribution in [3.63, 3.8) is 0 Å². The Kier molecular flexibility index (Phi) is 7.33. The van der Waals surface area contributed by atoms with Gasteiger partial charge in [0.15, 0.2) is 6.10 Å². The van der Waals surface area contributed by atoms with E-state index in [1.54, 1.807) is 26.8 Å². The van der Waals surface area contributed by atoms with Crippen LogP contribution >= 0.6 is 0 Å². The highest BCUT2D eigenvalue weighted by atomic mass is 32.2. The van der Waals surface area contributed by atoms with Crippen molar-refractivity contribution >= 4 is 27.6 Å². The van der Waals surface area contributed by atoms with Crippen molar-refractivity contribution in [2.45, 2.75) is 51.5 Å². The van der Waals surface area contributed by atoms with Crippen LogP contribution in [0.4, 0.5) is 11.6 Å². The summed E-state index contributed by atoms with van der Waals surface area (Å²) in [6.45, 7) is 9.30. The number of hydrogen-bond donors (Lipinski definition) is 2. The summed E-state index contributed by atoms with van der Waals surface area (Å²) < 4.78 is 33.6. The molecule has 2 N–H and O–H groups in total. The molecular formula is C24H28N4O4S. The van der Waals surface area contributed by atoms with Gasteiger partial charge in [0.2, 0.25) is 5.95 Å². The molecule has 1 aromatic heterocycles. The van der Waals surface area contributed by atoms with Crippen LogP contribution in [0.1, 0.15) is 43.6 Å². The summed E-state index contributed by atoms with van der Waals surface area (Å²) in [6.07, 6.45) is -0.739. The maximum Gasteiger partial charge on any atom is 0.265 e. The third-order valence-corrected chi connectivity index (χ3v) is 6.20. The lowest BCUT2D eigenvalue weighted by molar-refractivity contribution is -0.122. The smallest absolute Gasteiger partial charge is 0.265 e. The summed E-state index contributed by atoms with van der Waals surface area (Å²) in [5, 5.41) is 2.75. The van der Waals surface area contributed by atoms with Gasteiger partial charge < -0.3 is 10.1 Å². The van der Waals surface area contributed by atoms with Gasteiger partial charge in [-0.3, -0.25) is 4.79 Å². The second kappa shape index (κ2) is 9.99. The number of ether oxygens (including phenoxy) is 1. The Morgan fingerprint density at radius 3 is 2.15 bits per heavy atom. The van der Waals surface area contributed by atoms with E-state index in [1.165, 1.54) is 24.3 Å². The molecule has 174 valence electrons. The van der Waals surface area contributed by atoms with Crippen LogP contribution in [0.15, 0.2) is 59.5 Å². The first kappa shape index (κ1) is 24.2. The Morgan fingerprint density at radius 1 is 0.939 bits per heavy atom. The normalized spacial score (nSPS) is 12.3. The number of hydrogen-bond acceptors (Lipinski definition) is 6. The largest absolute Gasteiger partial charge is 0.481 e. The van der Waals surface area contributed by atoms with Crippen LogP contribution in [0.3, 0.4) is 0 Å². The number of carbonyl (C=O) groups excluding carboxylic acids is 1. The van der Waals surface area contributed by atoms with E-state index in [9.17, 15) is 13.2 Å². The highest BCUT2D eigenvalue weighted by Gasteiger charge is 2.19. The first-order chi connectivity index (χ1) is 15.5. The van der Waals surface area contributed by atoms with Crippen LogP contribution in [-0.4, -0.2) is 30.4 Å². The molecule has 0 unspecified atom stereocenters. The molecule has 0 saturated heterocycles. The summed E-state index contributed by atoms with van der Waals surface area (Å²) in [6, 6.07) is 15.2. The van der Waals surface area contributed by atoms with Crippen LogP contribution in [0.5, 0.6) is 5.75 Å². The highest BCUT2D eigenvalue weighted by Crippen LogP contribution is 2.27. The second-order valence-corrected chi connectivity index (χ2v) is 9.73. The third kappa shape index (κ3) is 6.29. The lowest BCUT2D eigenvalue weighted by atomic mass is 10.0. The predicted octanol–water partition coefficient (Wildman–Crippen LogP) is 4.42. The Balaban J connectivity index is 1.67. The highest BCUT2D eigenvalue weighted by molar-refractivity contribution is 7.92. The van der Waals surface area contributed by atoms with Crippen molar-refractivity contribution in [3.05, 3.63) is 71.5 Å². The van der Waals surface area contributed by atoms with E-state index in [1.807, 2.05) is 24.3 Å². The fraction of sp³-hybridized carbons (Fsp3) is 0.292. The standard InChI is InChI=1S/C24H28N4O4S/c1-15(2)21-8-6-7-9-22(21)32-18(5)23(29)27-19-10-12-20(13-11-19)33(30,31)28-24-25-16(3)14-17(4)26-24/h6-15,18H,1-5H3,(H,27,29)(H,25,26,28)/t18-/m0/s1. The number of nitrogens with zero attached hydrogens (tertiary/aromatic N) is 2. The predicted molar refractivity (Wildman–Crippen MR) is 128 cm³/mol. The molecule has 0 bridgehead atoms. The number of aromatic nitrogens is 2. The SMILES string of the molecule is Cc1cc(C)nc(NS(=O)(=O)c2ccc(NC(=O)[C@H](C)Oc3ccccc3C(C)C)cc2)n1. The minimum absolute atomic E-state index is 0.0116. The van der Waals surface area contributed by atoms with E-state index in [4.69, 9.17) is 4.74 Å². The van der Waals surface area contributed by atoms with Crippen molar-refractivity contribution < 1.29 is 17.9 Å². The zero-order chi connectivity index (χ0) is 24.2. The summed E-state index contributed by atoms with van der Waals surface area (Å²) in [4.78, 5) is 20.8. The van der Waals surface area contributed by atoms with Crippen molar-refractivity contribution in [2.75, 3.05) is 10.0 Å². The van der Waals surface area contributed by atoms with Crippen LogP contribution in [-0.2, 0) is 14.8 Å². The van der Waals surface area contributed by atoms with Gasteiger partial charge in [0.1, 0.15) is 5.75 Å². The molecule has 1 atom stereocenters. The van der Waals surface area contributed by atoms with Crippen molar-refractivity contribution in [1.29, 1.82) is 0 Å². The van der Waals surface area contributed by atoms with E-state index in [2.05, 4.69) is 33.9 Å². The number of anilines is 2. The van der Waals surface area contributed by atoms with Crippen LogP contribution in [0.2, 0.25) is 0 Å². The fourth-order valence-electron chi connectivity index (χ4n) is 3.22. The molecule has 0 radical (unpaired) electrons. The monoisotopic (exact) mass is 468 g/mol. The molecule has 3 aromatic rings. The average Bonchev–Trinajstić information content (AvgIpc) is 2.73. The summed E-state index contributed by atoms with van der Waals surface area (Å²) in [5.41, 5.74) is 2.79. The number of rotatable bonds is 8. The molecule has 8 nitrogen and oxygen atoms in total. The first-order valence-electron chi connectivity index (χ1n) is 10.6. The molecular weight excluding hydrogens is 440 g/mol. The number of nitrogens with one attached hydrogen (secondary N) is 2. The van der Waals surface area contributed by atoms with E-state index in [-0.39, 0.29) is 22.7 Å². The number of carbonyl (C=O) groups is 1. The number of amides is 1. The van der Waals surface area contributed by atoms with Gasteiger partial charge in [0, 0.05) is 17.1 Å². The summed E-state index contributed by atoms with van der Waals surface area (Å²) in [5.74, 6) is 0.591. The lowest BCUT2D eigenvalue weighted by Gasteiger charge is -2.18. The van der Waals surface area contributed by atoms with Gasteiger partial charge in [-0.15, -0.1) is 0 Å². The van der Waals surface area contributed by atoms with Crippen molar-refractivity contribution in [2.24, 2.45) is 0 Å². The molecule has 0 saturated carbocycles. The van der Waals surface area contributed by atoms with Crippen LogP contribution < -0.4 is 14.8 Å². The molecule has 0 aliphatic carbocycles. The zero-order valence-electron chi connectivity index (χ0n) is 19.3.